The molecule has 0 unspecified atom stereocenters. The number of aromatic nitrogens is 2. The Morgan fingerprint density at radius 1 is 1.17 bits per heavy atom. The van der Waals surface area contributed by atoms with Crippen LogP contribution < -0.4 is 9.47 Å². The molecule has 118 valence electrons. The highest BCUT2D eigenvalue weighted by atomic mass is 79.9. The summed E-state index contributed by atoms with van der Waals surface area (Å²) in [5.74, 6) is 1.23. The number of fused-ring (bicyclic) bond motifs is 1. The van der Waals surface area contributed by atoms with Crippen LogP contribution in [0.3, 0.4) is 0 Å². The highest BCUT2D eigenvalue weighted by Crippen LogP contribution is 2.34. The molecule has 0 aliphatic rings. The van der Waals surface area contributed by atoms with Crippen LogP contribution in [-0.4, -0.2) is 29.9 Å². The maximum absolute atomic E-state index is 11.6. The summed E-state index contributed by atoms with van der Waals surface area (Å²) in [7, 11) is 3.16. The Kier molecular flexibility index (Phi) is 4.09. The Morgan fingerprint density at radius 2 is 1.91 bits per heavy atom. The fraction of sp³-hybridized carbons (Fsp3) is 0.176. The van der Waals surface area contributed by atoms with Crippen LogP contribution in [-0.2, 0) is 0 Å². The number of carbonyl (C=O) groups is 1. The molecule has 1 aromatic carbocycles. The molecule has 0 spiro atoms. The molecule has 0 atom stereocenters. The summed E-state index contributed by atoms with van der Waals surface area (Å²) < 4.78 is 13.3. The average Bonchev–Trinajstić information content (AvgIpc) is 2.92. The predicted molar refractivity (Wildman–Crippen MR) is 91.6 cm³/mol. The van der Waals surface area contributed by atoms with Gasteiger partial charge in [-0.25, -0.2) is 4.98 Å². The highest BCUT2D eigenvalue weighted by Gasteiger charge is 2.17. The normalized spacial score (nSPS) is 10.8. The molecule has 0 aliphatic heterocycles. The molecule has 2 aromatic heterocycles. The first-order chi connectivity index (χ1) is 11.1. The van der Waals surface area contributed by atoms with E-state index < -0.39 is 0 Å². The molecule has 0 saturated heterocycles. The molecule has 3 aromatic rings. The number of ether oxygens (including phenoxy) is 2. The Labute approximate surface area is 142 Å². The van der Waals surface area contributed by atoms with Crippen molar-refractivity contribution < 1.29 is 14.3 Å². The van der Waals surface area contributed by atoms with Gasteiger partial charge in [-0.15, -0.1) is 0 Å². The Morgan fingerprint density at radius 3 is 2.57 bits per heavy atom. The number of aryl methyl sites for hydroxylation is 1. The van der Waals surface area contributed by atoms with E-state index >= 15 is 0 Å². The molecule has 0 N–H and O–H groups in total. The zero-order valence-electron chi connectivity index (χ0n) is 13.0. The fourth-order valence-electron chi connectivity index (χ4n) is 2.59. The number of aldehydes is 1. The lowest BCUT2D eigenvalue weighted by Gasteiger charge is -2.08. The van der Waals surface area contributed by atoms with Gasteiger partial charge in [-0.05, 0) is 52.7 Å². The molecular weight excluding hydrogens is 360 g/mol. The van der Waals surface area contributed by atoms with Gasteiger partial charge < -0.3 is 9.47 Å². The quantitative estimate of drug-likeness (QED) is 0.649. The summed E-state index contributed by atoms with van der Waals surface area (Å²) in [6.07, 6.45) is 2.65. The molecule has 0 bridgehead atoms. The second kappa shape index (κ2) is 6.04. The standard InChI is InChI=1S/C17H15BrN2O3/c1-10-6-12(18)8-20-13(9-21)16(19-17(10)20)11-4-5-14(22-2)15(7-11)23-3/h4-9H,1-3H3. The number of imidazole rings is 1. The predicted octanol–water partition coefficient (Wildman–Crippen LogP) is 3.90. The van der Waals surface area contributed by atoms with Crippen LogP contribution in [0.15, 0.2) is 34.9 Å². The van der Waals surface area contributed by atoms with Gasteiger partial charge in [-0.1, -0.05) is 0 Å². The number of hydrogen-bond donors (Lipinski definition) is 0. The second-order valence-electron chi connectivity index (χ2n) is 5.07. The van der Waals surface area contributed by atoms with E-state index in [1.54, 1.807) is 24.7 Å². The zero-order valence-corrected chi connectivity index (χ0v) is 14.5. The first-order valence-corrected chi connectivity index (χ1v) is 7.74. The van der Waals surface area contributed by atoms with Crippen LogP contribution >= 0.6 is 15.9 Å². The molecule has 0 saturated carbocycles. The maximum Gasteiger partial charge on any atom is 0.169 e. The monoisotopic (exact) mass is 374 g/mol. The summed E-state index contributed by atoms with van der Waals surface area (Å²) in [5.41, 5.74) is 3.64. The number of methoxy groups -OCH3 is 2. The van der Waals surface area contributed by atoms with Gasteiger partial charge >= 0.3 is 0 Å². The molecule has 3 rings (SSSR count). The first-order valence-electron chi connectivity index (χ1n) is 6.94. The maximum atomic E-state index is 11.6. The van der Waals surface area contributed by atoms with Gasteiger partial charge in [0.15, 0.2) is 17.8 Å². The molecular formula is C17H15BrN2O3. The minimum Gasteiger partial charge on any atom is -0.493 e. The first kappa shape index (κ1) is 15.6. The molecule has 6 heteroatoms. The lowest BCUT2D eigenvalue weighted by atomic mass is 10.1. The van der Waals surface area contributed by atoms with Crippen LogP contribution in [0.4, 0.5) is 0 Å². The molecule has 2 heterocycles. The van der Waals surface area contributed by atoms with Crippen LogP contribution in [0.5, 0.6) is 11.5 Å². The molecule has 0 radical (unpaired) electrons. The van der Waals surface area contributed by atoms with E-state index in [-0.39, 0.29) is 0 Å². The van der Waals surface area contributed by atoms with E-state index in [1.165, 1.54) is 0 Å². The fourth-order valence-corrected chi connectivity index (χ4v) is 3.14. The molecule has 0 amide bonds. The number of pyridine rings is 1. The van der Waals surface area contributed by atoms with Crippen molar-refractivity contribution in [2.24, 2.45) is 0 Å². The van der Waals surface area contributed by atoms with Crippen molar-refractivity contribution in [3.63, 3.8) is 0 Å². The third-order valence-electron chi connectivity index (χ3n) is 3.68. The van der Waals surface area contributed by atoms with Crippen LogP contribution in [0.25, 0.3) is 16.9 Å². The number of benzene rings is 1. The number of halogens is 1. The van der Waals surface area contributed by atoms with Gasteiger partial charge in [0.05, 0.1) is 14.2 Å². The molecule has 0 fully saturated rings. The summed E-state index contributed by atoms with van der Waals surface area (Å²) in [6.45, 7) is 1.96. The van der Waals surface area contributed by atoms with Crippen molar-refractivity contribution in [1.29, 1.82) is 0 Å². The summed E-state index contributed by atoms with van der Waals surface area (Å²) in [4.78, 5) is 16.3. The van der Waals surface area contributed by atoms with Gasteiger partial charge in [-0.2, -0.15) is 0 Å². The SMILES string of the molecule is COc1ccc(-c2nc3c(C)cc(Br)cn3c2C=O)cc1OC. The van der Waals surface area contributed by atoms with E-state index in [0.29, 0.717) is 22.9 Å². The largest absolute Gasteiger partial charge is 0.493 e. The average molecular weight is 375 g/mol. The minimum absolute atomic E-state index is 0.497. The number of rotatable bonds is 4. The lowest BCUT2D eigenvalue weighted by Crippen LogP contribution is -1.95. The van der Waals surface area contributed by atoms with E-state index in [1.807, 2.05) is 31.3 Å². The third-order valence-corrected chi connectivity index (χ3v) is 4.11. The third kappa shape index (κ3) is 2.59. The van der Waals surface area contributed by atoms with Crippen LogP contribution in [0, 0.1) is 6.92 Å². The van der Waals surface area contributed by atoms with E-state index in [4.69, 9.17) is 9.47 Å². The van der Waals surface area contributed by atoms with Crippen molar-refractivity contribution >= 4 is 27.9 Å². The second-order valence-corrected chi connectivity index (χ2v) is 5.98. The van der Waals surface area contributed by atoms with Gasteiger partial charge in [-0.3, -0.25) is 9.20 Å². The summed E-state index contributed by atoms with van der Waals surface area (Å²) in [5, 5.41) is 0. The minimum atomic E-state index is 0.497. The van der Waals surface area contributed by atoms with Crippen molar-refractivity contribution in [3.05, 3.63) is 46.2 Å². The van der Waals surface area contributed by atoms with Crippen LogP contribution in [0.2, 0.25) is 0 Å². The Bertz CT molecular complexity index is 902. The number of nitrogens with zero attached hydrogens (tertiary/aromatic N) is 2. The number of carbonyl (C=O) groups excluding carboxylic acids is 1. The zero-order chi connectivity index (χ0) is 16.6. The molecule has 0 aliphatic carbocycles. The van der Waals surface area contributed by atoms with Crippen molar-refractivity contribution in [1.82, 2.24) is 9.38 Å². The topological polar surface area (TPSA) is 52.8 Å². The van der Waals surface area contributed by atoms with Crippen LogP contribution in [0.1, 0.15) is 16.1 Å². The highest BCUT2D eigenvalue weighted by molar-refractivity contribution is 9.10. The summed E-state index contributed by atoms with van der Waals surface area (Å²) >= 11 is 3.45. The Hall–Kier alpha value is -2.34. The lowest BCUT2D eigenvalue weighted by molar-refractivity contribution is 0.111. The van der Waals surface area contributed by atoms with Gasteiger partial charge in [0.2, 0.25) is 0 Å². The van der Waals surface area contributed by atoms with Crippen molar-refractivity contribution in [3.8, 4) is 22.8 Å². The Balaban J connectivity index is 2.28. The van der Waals surface area contributed by atoms with Crippen molar-refractivity contribution in [2.75, 3.05) is 14.2 Å². The number of hydrogen-bond acceptors (Lipinski definition) is 4. The van der Waals surface area contributed by atoms with E-state index in [9.17, 15) is 4.79 Å². The summed E-state index contributed by atoms with van der Waals surface area (Å²) in [6, 6.07) is 7.45. The molecule has 5 nitrogen and oxygen atoms in total. The van der Waals surface area contributed by atoms with Crippen molar-refractivity contribution in [2.45, 2.75) is 6.92 Å². The smallest absolute Gasteiger partial charge is 0.169 e. The van der Waals surface area contributed by atoms with E-state index in [0.717, 1.165) is 27.5 Å². The van der Waals surface area contributed by atoms with Gasteiger partial charge in [0, 0.05) is 16.2 Å². The van der Waals surface area contributed by atoms with Gasteiger partial charge in [0.25, 0.3) is 0 Å². The van der Waals surface area contributed by atoms with E-state index in [2.05, 4.69) is 20.9 Å². The van der Waals surface area contributed by atoms with Gasteiger partial charge in [0.1, 0.15) is 17.0 Å². The molecule has 23 heavy (non-hydrogen) atoms.